The Hall–Kier alpha value is -2.12. The van der Waals surface area contributed by atoms with E-state index in [2.05, 4.69) is 10.2 Å². The molecule has 1 aromatic heterocycles. The van der Waals surface area contributed by atoms with Gasteiger partial charge in [-0.25, -0.2) is 9.69 Å². The monoisotopic (exact) mass is 348 g/mol. The molecule has 2 heterocycles. The number of nitrogens with zero attached hydrogens (tertiary/aromatic N) is 4. The van der Waals surface area contributed by atoms with Crippen LogP contribution in [0.15, 0.2) is 34.3 Å². The van der Waals surface area contributed by atoms with Crippen LogP contribution in [0.4, 0.5) is 0 Å². The maximum absolute atomic E-state index is 12.3. The third kappa shape index (κ3) is 2.66. The number of hydrogen-bond donors (Lipinski definition) is 0. The summed E-state index contributed by atoms with van der Waals surface area (Å²) < 4.78 is 1.61. The highest BCUT2D eigenvalue weighted by molar-refractivity contribution is 8.04. The van der Waals surface area contributed by atoms with Gasteiger partial charge in [0.25, 0.3) is 0 Å². The van der Waals surface area contributed by atoms with Crippen LogP contribution >= 0.6 is 23.4 Å². The summed E-state index contributed by atoms with van der Waals surface area (Å²) in [5.41, 5.74) is 1.24. The summed E-state index contributed by atoms with van der Waals surface area (Å²) >= 11 is 7.15. The number of ketones is 1. The SMILES string of the molecule is CC(=O)C1=C(c2ccc(Cl)cc2)N(C(C)=O)n2c(C)nnc2S1. The Morgan fingerprint density at radius 2 is 1.78 bits per heavy atom. The molecule has 6 nitrogen and oxygen atoms in total. The van der Waals surface area contributed by atoms with E-state index in [0.29, 0.717) is 26.6 Å². The minimum Gasteiger partial charge on any atom is -0.294 e. The predicted octanol–water partition coefficient (Wildman–Crippen LogP) is 2.79. The van der Waals surface area contributed by atoms with Gasteiger partial charge in [0.05, 0.1) is 10.6 Å². The number of hydrogen-bond acceptors (Lipinski definition) is 5. The van der Waals surface area contributed by atoms with Crippen molar-refractivity contribution in [1.29, 1.82) is 0 Å². The summed E-state index contributed by atoms with van der Waals surface area (Å²) in [4.78, 5) is 24.9. The van der Waals surface area contributed by atoms with Crippen molar-refractivity contribution in [2.45, 2.75) is 25.9 Å². The molecule has 1 amide bonds. The molecule has 23 heavy (non-hydrogen) atoms. The van der Waals surface area contributed by atoms with Crippen molar-refractivity contribution >= 4 is 40.8 Å². The van der Waals surface area contributed by atoms with Gasteiger partial charge >= 0.3 is 0 Å². The number of benzene rings is 1. The summed E-state index contributed by atoms with van der Waals surface area (Å²) in [6, 6.07) is 7.00. The second kappa shape index (κ2) is 5.82. The molecule has 0 atom stereocenters. The molecule has 118 valence electrons. The first-order valence-electron chi connectivity index (χ1n) is 6.82. The highest BCUT2D eigenvalue weighted by atomic mass is 35.5. The lowest BCUT2D eigenvalue weighted by molar-refractivity contribution is -0.117. The standard InChI is InChI=1S/C15H13ClN4O2S/c1-8(21)14-13(11-4-6-12(16)7-5-11)20(10(3)22)19-9(2)17-18-15(19)23-14/h4-7H,1-3H3. The molecule has 0 fully saturated rings. The average Bonchev–Trinajstić information content (AvgIpc) is 2.87. The summed E-state index contributed by atoms with van der Waals surface area (Å²) in [5, 5.41) is 10.5. The quantitative estimate of drug-likeness (QED) is 0.834. The molecule has 0 radical (unpaired) electrons. The largest absolute Gasteiger partial charge is 0.294 e. The van der Waals surface area contributed by atoms with Crippen molar-refractivity contribution < 1.29 is 9.59 Å². The Morgan fingerprint density at radius 3 is 2.35 bits per heavy atom. The van der Waals surface area contributed by atoms with Gasteiger partial charge in [0.15, 0.2) is 11.6 Å². The average molecular weight is 349 g/mol. The summed E-state index contributed by atoms with van der Waals surface area (Å²) in [5.74, 6) is 0.188. The highest BCUT2D eigenvalue weighted by Gasteiger charge is 2.33. The second-order valence-corrected chi connectivity index (χ2v) is 6.43. The van der Waals surface area contributed by atoms with Crippen molar-refractivity contribution in [3.63, 3.8) is 0 Å². The lowest BCUT2D eigenvalue weighted by Crippen LogP contribution is -2.41. The normalized spacial score (nSPS) is 14.0. The molecule has 1 aliphatic heterocycles. The van der Waals surface area contributed by atoms with E-state index in [1.165, 1.54) is 30.6 Å². The van der Waals surface area contributed by atoms with E-state index in [1.807, 2.05) is 0 Å². The van der Waals surface area contributed by atoms with Gasteiger partial charge in [-0.2, -0.15) is 0 Å². The molecule has 1 aliphatic rings. The van der Waals surface area contributed by atoms with Crippen LogP contribution in [0, 0.1) is 6.92 Å². The van der Waals surface area contributed by atoms with Crippen LogP contribution in [0.3, 0.4) is 0 Å². The van der Waals surface area contributed by atoms with Gasteiger partial charge in [-0.15, -0.1) is 10.2 Å². The number of aromatic nitrogens is 3. The maximum Gasteiger partial charge on any atom is 0.243 e. The third-order valence-electron chi connectivity index (χ3n) is 3.32. The van der Waals surface area contributed by atoms with E-state index in [0.717, 1.165) is 5.56 Å². The van der Waals surface area contributed by atoms with Crippen molar-refractivity contribution in [2.75, 3.05) is 5.01 Å². The molecule has 0 spiro atoms. The van der Waals surface area contributed by atoms with Crippen LogP contribution in [-0.2, 0) is 9.59 Å². The van der Waals surface area contributed by atoms with Crippen molar-refractivity contribution in [3.05, 3.63) is 45.6 Å². The summed E-state index contributed by atoms with van der Waals surface area (Å²) in [6.45, 7) is 4.66. The fourth-order valence-electron chi connectivity index (χ4n) is 2.37. The minimum absolute atomic E-state index is 0.141. The predicted molar refractivity (Wildman–Crippen MR) is 88.6 cm³/mol. The van der Waals surface area contributed by atoms with Gasteiger partial charge in [-0.1, -0.05) is 23.7 Å². The Labute approximate surface area is 142 Å². The summed E-state index contributed by atoms with van der Waals surface area (Å²) in [6.07, 6.45) is 0. The van der Waals surface area contributed by atoms with Gasteiger partial charge in [-0.05, 0) is 37.7 Å². The van der Waals surface area contributed by atoms with E-state index >= 15 is 0 Å². The molecule has 0 unspecified atom stereocenters. The van der Waals surface area contributed by atoms with Gasteiger partial charge < -0.3 is 0 Å². The number of carbonyl (C=O) groups excluding carboxylic acids is 2. The van der Waals surface area contributed by atoms with Crippen molar-refractivity contribution in [3.8, 4) is 0 Å². The zero-order valence-corrected chi connectivity index (χ0v) is 14.3. The van der Waals surface area contributed by atoms with E-state index in [4.69, 9.17) is 11.6 Å². The Morgan fingerprint density at radius 1 is 1.13 bits per heavy atom. The molecule has 2 aromatic rings. The topological polar surface area (TPSA) is 68.1 Å². The number of Topliss-reactive ketones (excluding diaryl/α,β-unsaturated/α-hetero) is 1. The lowest BCUT2D eigenvalue weighted by atomic mass is 10.1. The molecule has 0 bridgehead atoms. The third-order valence-corrected chi connectivity index (χ3v) is 4.70. The first kappa shape index (κ1) is 15.8. The van der Waals surface area contributed by atoms with Crippen LogP contribution in [0.1, 0.15) is 25.2 Å². The molecule has 8 heteroatoms. The van der Waals surface area contributed by atoms with E-state index < -0.39 is 0 Å². The lowest BCUT2D eigenvalue weighted by Gasteiger charge is -2.31. The fourth-order valence-corrected chi connectivity index (χ4v) is 3.50. The molecule has 0 N–H and O–H groups in total. The first-order valence-corrected chi connectivity index (χ1v) is 8.01. The van der Waals surface area contributed by atoms with Gasteiger partial charge in [0.2, 0.25) is 11.1 Å². The van der Waals surface area contributed by atoms with E-state index in [1.54, 1.807) is 35.9 Å². The van der Waals surface area contributed by atoms with Crippen LogP contribution in [-0.4, -0.2) is 26.6 Å². The zero-order chi connectivity index (χ0) is 16.7. The fraction of sp³-hybridized carbons (Fsp3) is 0.200. The molecule has 3 rings (SSSR count). The van der Waals surface area contributed by atoms with Gasteiger partial charge in [-0.3, -0.25) is 9.59 Å². The van der Waals surface area contributed by atoms with E-state index in [-0.39, 0.29) is 11.7 Å². The highest BCUT2D eigenvalue weighted by Crippen LogP contribution is 2.39. The molecule has 0 aliphatic carbocycles. The van der Waals surface area contributed by atoms with Crippen LogP contribution in [0.5, 0.6) is 0 Å². The number of allylic oxidation sites excluding steroid dienone is 1. The van der Waals surface area contributed by atoms with Crippen molar-refractivity contribution in [2.24, 2.45) is 0 Å². The van der Waals surface area contributed by atoms with Crippen LogP contribution < -0.4 is 5.01 Å². The number of rotatable bonds is 2. The Kier molecular flexibility index (Phi) is 3.99. The number of thioether (sulfide) groups is 1. The number of aryl methyl sites for hydroxylation is 1. The molecule has 1 aromatic carbocycles. The first-order chi connectivity index (χ1) is 10.9. The van der Waals surface area contributed by atoms with Gasteiger partial charge in [0.1, 0.15) is 0 Å². The molecule has 0 saturated heterocycles. The summed E-state index contributed by atoms with van der Waals surface area (Å²) in [7, 11) is 0. The number of carbonyl (C=O) groups is 2. The Bertz CT molecular complexity index is 842. The minimum atomic E-state index is -0.238. The number of fused-ring (bicyclic) bond motifs is 1. The van der Waals surface area contributed by atoms with Crippen molar-refractivity contribution in [1.82, 2.24) is 14.9 Å². The molecule has 0 saturated carbocycles. The molecular formula is C15H13ClN4O2S. The molecular weight excluding hydrogens is 336 g/mol. The zero-order valence-electron chi connectivity index (χ0n) is 12.7. The Balaban J connectivity index is 2.28. The van der Waals surface area contributed by atoms with Crippen LogP contribution in [0.2, 0.25) is 5.02 Å². The van der Waals surface area contributed by atoms with Gasteiger partial charge in [0, 0.05) is 17.5 Å². The van der Waals surface area contributed by atoms with Crippen LogP contribution in [0.25, 0.3) is 5.70 Å². The maximum atomic E-state index is 12.3. The van der Waals surface area contributed by atoms with E-state index in [9.17, 15) is 9.59 Å². The second-order valence-electron chi connectivity index (χ2n) is 5.02. The smallest absolute Gasteiger partial charge is 0.243 e. The number of amides is 1. The number of halogens is 1.